The van der Waals surface area contributed by atoms with E-state index in [0.29, 0.717) is 66.9 Å². The highest BCUT2D eigenvalue weighted by Crippen LogP contribution is 2.31. The molecule has 1 saturated heterocycles. The molecule has 2 unspecified atom stereocenters. The quantitative estimate of drug-likeness (QED) is 0.114. The number of rotatable bonds is 12. The maximum Gasteiger partial charge on any atom is 0.406 e. The number of Topliss-reactive ketones (excluding diaryl/α,β-unsaturated/α-hetero) is 1. The van der Waals surface area contributed by atoms with Crippen LogP contribution in [-0.2, 0) is 6.54 Å². The van der Waals surface area contributed by atoms with Crippen LogP contribution in [0.3, 0.4) is 0 Å². The van der Waals surface area contributed by atoms with E-state index in [2.05, 4.69) is 25.3 Å². The molecule has 268 valence electrons. The maximum atomic E-state index is 14.4. The Balaban J connectivity index is 1.14. The summed E-state index contributed by atoms with van der Waals surface area (Å²) in [5.41, 5.74) is 2.10. The van der Waals surface area contributed by atoms with Crippen molar-refractivity contribution in [2.75, 3.05) is 40.3 Å². The lowest BCUT2D eigenvalue weighted by atomic mass is 9.90. The zero-order chi connectivity index (χ0) is 36.3. The number of likely N-dealkylation sites (N-methyl/N-ethyl adjacent to an activating group) is 1. The molecule has 2 aliphatic heterocycles. The molecule has 0 spiro atoms. The van der Waals surface area contributed by atoms with Crippen LogP contribution in [0.2, 0.25) is 0 Å². The zero-order valence-corrected chi connectivity index (χ0v) is 28.0. The number of carbonyl (C=O) groups is 2. The fraction of sp³-hybridized carbons (Fsp3) is 0.389. The molecular formula is C36H36F5N7O3. The average molecular weight is 710 g/mol. The average Bonchev–Trinajstić information content (AvgIpc) is 3.79. The maximum absolute atomic E-state index is 14.4. The molecule has 4 aromatic rings. The lowest BCUT2D eigenvalue weighted by Gasteiger charge is -2.33. The third-order valence-electron chi connectivity index (χ3n) is 9.45. The molecule has 3 aromatic carbocycles. The Hall–Kier alpha value is -5.05. The van der Waals surface area contributed by atoms with Gasteiger partial charge < -0.3 is 19.1 Å². The number of likely N-dealkylation sites (tertiary alicyclic amines) is 1. The molecule has 2 atom stereocenters. The van der Waals surface area contributed by atoms with Gasteiger partial charge in [-0.1, -0.05) is 24.3 Å². The summed E-state index contributed by atoms with van der Waals surface area (Å²) < 4.78 is 75.2. The number of hydrogen-bond acceptors (Lipinski definition) is 8. The van der Waals surface area contributed by atoms with E-state index in [9.17, 15) is 31.5 Å². The predicted molar refractivity (Wildman–Crippen MR) is 179 cm³/mol. The fourth-order valence-electron chi connectivity index (χ4n) is 6.73. The molecule has 51 heavy (non-hydrogen) atoms. The molecule has 10 nitrogen and oxygen atoms in total. The number of aromatic nitrogens is 2. The molecule has 3 heterocycles. The molecule has 0 N–H and O–H groups in total. The number of fused-ring (bicyclic) bond motifs is 1. The Morgan fingerprint density at radius 2 is 1.78 bits per heavy atom. The van der Waals surface area contributed by atoms with Crippen LogP contribution in [0.25, 0.3) is 11.0 Å². The summed E-state index contributed by atoms with van der Waals surface area (Å²) in [6.07, 6.45) is -1.66. The SMILES string of the molecule is COc1ccc(C2C=NN=N2)cc1C(=O)N(C)CC(CCN1CCC(C(=O)c2nc3ccccc3n2CC(F)(F)F)CC1)c1ccc(F)c(F)c1. The molecule has 1 fully saturated rings. The van der Waals surface area contributed by atoms with Crippen molar-refractivity contribution in [2.45, 2.75) is 43.9 Å². The van der Waals surface area contributed by atoms with Crippen molar-refractivity contribution in [3.05, 3.63) is 94.8 Å². The number of piperidine rings is 1. The van der Waals surface area contributed by atoms with Crippen LogP contribution in [0.15, 0.2) is 76.1 Å². The van der Waals surface area contributed by atoms with Gasteiger partial charge in [0.25, 0.3) is 5.91 Å². The first-order valence-corrected chi connectivity index (χ1v) is 16.5. The van der Waals surface area contributed by atoms with Crippen LogP contribution >= 0.6 is 0 Å². The van der Waals surface area contributed by atoms with Gasteiger partial charge in [0, 0.05) is 25.4 Å². The number of alkyl halides is 3. The molecule has 6 rings (SSSR count). The van der Waals surface area contributed by atoms with Gasteiger partial charge in [-0.15, -0.1) is 5.10 Å². The summed E-state index contributed by atoms with van der Waals surface area (Å²) in [6, 6.07) is 14.8. The molecule has 0 radical (unpaired) electrons. The van der Waals surface area contributed by atoms with E-state index in [1.165, 1.54) is 24.1 Å². The van der Waals surface area contributed by atoms with Gasteiger partial charge >= 0.3 is 6.18 Å². The van der Waals surface area contributed by atoms with Crippen molar-refractivity contribution in [3.63, 3.8) is 0 Å². The molecule has 0 saturated carbocycles. The first kappa shape index (κ1) is 35.8. The van der Waals surface area contributed by atoms with Crippen molar-refractivity contribution in [1.29, 1.82) is 0 Å². The fourth-order valence-corrected chi connectivity index (χ4v) is 6.73. The van der Waals surface area contributed by atoms with Crippen molar-refractivity contribution >= 4 is 28.9 Å². The van der Waals surface area contributed by atoms with Gasteiger partial charge in [-0.05, 0) is 91.6 Å². The number of para-hydroxylation sites is 2. The highest BCUT2D eigenvalue weighted by Gasteiger charge is 2.35. The second-order valence-corrected chi connectivity index (χ2v) is 12.8. The highest BCUT2D eigenvalue weighted by atomic mass is 19.4. The lowest BCUT2D eigenvalue weighted by Crippen LogP contribution is -2.39. The Bertz CT molecular complexity index is 1960. The van der Waals surface area contributed by atoms with Gasteiger partial charge in [-0.25, -0.2) is 13.8 Å². The minimum absolute atomic E-state index is 0.173. The minimum atomic E-state index is -4.53. The zero-order valence-electron chi connectivity index (χ0n) is 28.0. The van der Waals surface area contributed by atoms with Crippen molar-refractivity contribution in [2.24, 2.45) is 21.4 Å². The Morgan fingerprint density at radius 1 is 1.02 bits per heavy atom. The van der Waals surface area contributed by atoms with E-state index < -0.39 is 42.1 Å². The van der Waals surface area contributed by atoms with Gasteiger partial charge in [0.15, 0.2) is 17.5 Å². The monoisotopic (exact) mass is 709 g/mol. The molecule has 1 aromatic heterocycles. The first-order valence-electron chi connectivity index (χ1n) is 16.5. The van der Waals surface area contributed by atoms with E-state index in [0.717, 1.165) is 16.7 Å². The molecule has 0 aliphatic carbocycles. The van der Waals surface area contributed by atoms with Crippen LogP contribution in [0.5, 0.6) is 5.75 Å². The second kappa shape index (κ2) is 15.1. The third kappa shape index (κ3) is 8.14. The summed E-state index contributed by atoms with van der Waals surface area (Å²) >= 11 is 0. The summed E-state index contributed by atoms with van der Waals surface area (Å²) in [7, 11) is 3.09. The highest BCUT2D eigenvalue weighted by molar-refractivity contribution is 5.98. The summed E-state index contributed by atoms with van der Waals surface area (Å²) in [5.74, 6) is -3.46. The van der Waals surface area contributed by atoms with E-state index in [1.807, 2.05) is 0 Å². The van der Waals surface area contributed by atoms with E-state index in [-0.39, 0.29) is 29.7 Å². The van der Waals surface area contributed by atoms with Crippen LogP contribution in [0.1, 0.15) is 63.3 Å². The molecule has 0 bridgehead atoms. The Labute approximate surface area is 290 Å². The summed E-state index contributed by atoms with van der Waals surface area (Å²) in [5, 5.41) is 11.4. The van der Waals surface area contributed by atoms with Crippen molar-refractivity contribution < 1.29 is 36.3 Å². The van der Waals surface area contributed by atoms with Gasteiger partial charge in [0.05, 0.1) is 29.9 Å². The Kier molecular flexibility index (Phi) is 10.6. The number of carbonyl (C=O) groups excluding carboxylic acids is 2. The van der Waals surface area contributed by atoms with Gasteiger partial charge in [0.1, 0.15) is 18.3 Å². The van der Waals surface area contributed by atoms with Crippen LogP contribution < -0.4 is 4.74 Å². The van der Waals surface area contributed by atoms with E-state index in [4.69, 9.17) is 4.74 Å². The number of benzene rings is 3. The van der Waals surface area contributed by atoms with Crippen molar-refractivity contribution in [3.8, 4) is 5.75 Å². The van der Waals surface area contributed by atoms with Crippen LogP contribution in [-0.4, -0.2) is 83.8 Å². The predicted octanol–water partition coefficient (Wildman–Crippen LogP) is 7.22. The van der Waals surface area contributed by atoms with E-state index in [1.54, 1.807) is 49.7 Å². The number of ketones is 1. The molecule has 2 aliphatic rings. The second-order valence-electron chi connectivity index (χ2n) is 12.8. The van der Waals surface area contributed by atoms with Gasteiger partial charge in [-0.2, -0.15) is 18.3 Å². The number of ether oxygens (including phenoxy) is 1. The lowest BCUT2D eigenvalue weighted by molar-refractivity contribution is -0.140. The summed E-state index contributed by atoms with van der Waals surface area (Å²) in [6.45, 7) is 0.383. The molecule has 15 heteroatoms. The smallest absolute Gasteiger partial charge is 0.406 e. The topological polar surface area (TPSA) is 105 Å². The standard InChI is InChI=1S/C36H36F5N7O3/c1-46(35(50)26-17-24(8-10-32(26)51-2)30-19-42-45-44-30)20-25(23-7-9-27(37)28(38)18-23)13-16-47-14-11-22(12-15-47)33(49)34-43-29-5-3-4-6-31(29)48(34)21-36(39,40)41/h3-10,17-19,22,25,30H,11-16,20-21H2,1-2H3. The minimum Gasteiger partial charge on any atom is -0.496 e. The number of nitrogens with zero attached hydrogens (tertiary/aromatic N) is 7. The number of amides is 1. The summed E-state index contributed by atoms with van der Waals surface area (Å²) in [4.78, 5) is 35.2. The van der Waals surface area contributed by atoms with Crippen LogP contribution in [0, 0.1) is 17.6 Å². The largest absolute Gasteiger partial charge is 0.496 e. The Morgan fingerprint density at radius 3 is 2.47 bits per heavy atom. The normalized spacial score (nSPS) is 17.3. The van der Waals surface area contributed by atoms with E-state index >= 15 is 0 Å². The van der Waals surface area contributed by atoms with Gasteiger partial charge in [0.2, 0.25) is 5.78 Å². The third-order valence-corrected chi connectivity index (χ3v) is 9.45. The molecular weight excluding hydrogens is 673 g/mol. The number of hydrogen-bond donors (Lipinski definition) is 0. The first-order chi connectivity index (χ1) is 24.4. The number of imidazole rings is 1. The van der Waals surface area contributed by atoms with Gasteiger partial charge in [-0.3, -0.25) is 9.59 Å². The van der Waals surface area contributed by atoms with Crippen LogP contribution in [0.4, 0.5) is 22.0 Å². The molecule has 1 amide bonds. The number of methoxy groups -OCH3 is 1. The van der Waals surface area contributed by atoms with Crippen molar-refractivity contribution in [1.82, 2.24) is 19.4 Å². The number of halogens is 5.